The minimum atomic E-state index is -4.31. The zero-order chi connectivity index (χ0) is 11.1. The van der Waals surface area contributed by atoms with Crippen LogP contribution in [-0.4, -0.2) is 11.0 Å². The first-order chi connectivity index (χ1) is 6.97. The van der Waals surface area contributed by atoms with Gasteiger partial charge < -0.3 is 5.32 Å². The molecule has 0 unspecified atom stereocenters. The van der Waals surface area contributed by atoms with Crippen LogP contribution in [-0.2, 0) is 12.7 Å². The predicted molar refractivity (Wildman–Crippen MR) is 51.7 cm³/mol. The molecule has 0 amide bonds. The molecule has 1 saturated carbocycles. The zero-order valence-electron chi connectivity index (χ0n) is 8.19. The van der Waals surface area contributed by atoms with E-state index in [2.05, 4.69) is 10.3 Å². The molecule has 0 radical (unpaired) electrons. The lowest BCUT2D eigenvalue weighted by atomic mass is 10.4. The molecule has 0 aromatic carbocycles. The summed E-state index contributed by atoms with van der Waals surface area (Å²) >= 11 is 0.738. The van der Waals surface area contributed by atoms with E-state index in [1.165, 1.54) is 0 Å². The highest BCUT2D eigenvalue weighted by atomic mass is 32.1. The molecular weight excluding hydrogens is 225 g/mol. The largest absolute Gasteiger partial charge is 0.443 e. The van der Waals surface area contributed by atoms with E-state index in [1.807, 2.05) is 0 Å². The Bertz CT molecular complexity index is 355. The van der Waals surface area contributed by atoms with Gasteiger partial charge in [0.2, 0.25) is 0 Å². The minimum Gasteiger partial charge on any atom is -0.309 e. The van der Waals surface area contributed by atoms with Crippen molar-refractivity contribution in [2.75, 3.05) is 0 Å². The third-order valence-electron chi connectivity index (χ3n) is 2.26. The van der Waals surface area contributed by atoms with Gasteiger partial charge in [-0.2, -0.15) is 13.2 Å². The van der Waals surface area contributed by atoms with Crippen LogP contribution >= 0.6 is 11.3 Å². The molecule has 1 aliphatic rings. The number of hydrogen-bond donors (Lipinski definition) is 1. The van der Waals surface area contributed by atoms with Gasteiger partial charge in [0.05, 0.1) is 5.69 Å². The van der Waals surface area contributed by atoms with Crippen LogP contribution in [0.2, 0.25) is 0 Å². The van der Waals surface area contributed by atoms with Crippen molar-refractivity contribution in [3.05, 3.63) is 15.6 Å². The Morgan fingerprint density at radius 3 is 2.60 bits per heavy atom. The number of hydrogen-bond acceptors (Lipinski definition) is 3. The van der Waals surface area contributed by atoms with E-state index in [0.29, 0.717) is 23.2 Å². The average molecular weight is 236 g/mol. The Balaban J connectivity index is 2.06. The highest BCUT2D eigenvalue weighted by Crippen LogP contribution is 2.34. The summed E-state index contributed by atoms with van der Waals surface area (Å²) in [4.78, 5) is 4.22. The van der Waals surface area contributed by atoms with E-state index in [0.717, 1.165) is 24.2 Å². The number of thiazole rings is 1. The molecule has 1 aliphatic carbocycles. The second-order valence-corrected chi connectivity index (χ2v) is 4.76. The monoisotopic (exact) mass is 236 g/mol. The van der Waals surface area contributed by atoms with Gasteiger partial charge in [-0.05, 0) is 19.8 Å². The summed E-state index contributed by atoms with van der Waals surface area (Å²) in [7, 11) is 0. The van der Waals surface area contributed by atoms with Gasteiger partial charge in [-0.25, -0.2) is 4.98 Å². The van der Waals surface area contributed by atoms with Crippen LogP contribution in [0.15, 0.2) is 0 Å². The van der Waals surface area contributed by atoms with E-state index < -0.39 is 11.2 Å². The second kappa shape index (κ2) is 3.75. The van der Waals surface area contributed by atoms with Gasteiger partial charge in [0.15, 0.2) is 5.01 Å². The maximum Gasteiger partial charge on any atom is 0.443 e. The van der Waals surface area contributed by atoms with E-state index in [9.17, 15) is 13.2 Å². The van der Waals surface area contributed by atoms with Crippen molar-refractivity contribution >= 4 is 11.3 Å². The average Bonchev–Trinajstić information content (AvgIpc) is 2.86. The van der Waals surface area contributed by atoms with Gasteiger partial charge in [0.1, 0.15) is 0 Å². The molecular formula is C9H11F3N2S. The molecule has 1 heterocycles. The number of aromatic nitrogens is 1. The van der Waals surface area contributed by atoms with E-state index in [4.69, 9.17) is 0 Å². The molecule has 84 valence electrons. The highest BCUT2D eigenvalue weighted by molar-refractivity contribution is 7.11. The third-order valence-corrected chi connectivity index (χ3v) is 3.47. The van der Waals surface area contributed by atoms with Crippen molar-refractivity contribution in [1.82, 2.24) is 10.3 Å². The van der Waals surface area contributed by atoms with Crippen LogP contribution in [0.1, 0.15) is 28.4 Å². The lowest BCUT2D eigenvalue weighted by Gasteiger charge is -2.00. The van der Waals surface area contributed by atoms with Gasteiger partial charge in [-0.3, -0.25) is 0 Å². The first-order valence-corrected chi connectivity index (χ1v) is 5.55. The minimum absolute atomic E-state index is 0.487. The first-order valence-electron chi connectivity index (χ1n) is 4.73. The molecule has 6 heteroatoms. The van der Waals surface area contributed by atoms with Crippen molar-refractivity contribution in [1.29, 1.82) is 0 Å². The van der Waals surface area contributed by atoms with Gasteiger partial charge in [0, 0.05) is 17.5 Å². The van der Waals surface area contributed by atoms with Gasteiger partial charge >= 0.3 is 6.18 Å². The fourth-order valence-corrected chi connectivity index (χ4v) is 2.12. The molecule has 2 nitrogen and oxygen atoms in total. The van der Waals surface area contributed by atoms with Crippen LogP contribution in [0.5, 0.6) is 0 Å². The molecule has 1 N–H and O–H groups in total. The molecule has 15 heavy (non-hydrogen) atoms. The topological polar surface area (TPSA) is 24.9 Å². The Hall–Kier alpha value is -0.620. The SMILES string of the molecule is Cc1nc(C(F)(F)F)sc1CNC1CC1. The molecule has 0 spiro atoms. The smallest absolute Gasteiger partial charge is 0.309 e. The molecule has 0 bridgehead atoms. The molecule has 0 atom stereocenters. The Kier molecular flexibility index (Phi) is 2.72. The van der Waals surface area contributed by atoms with Crippen LogP contribution in [0.4, 0.5) is 13.2 Å². The van der Waals surface area contributed by atoms with E-state index in [1.54, 1.807) is 6.92 Å². The van der Waals surface area contributed by atoms with Crippen LogP contribution < -0.4 is 5.32 Å². The summed E-state index contributed by atoms with van der Waals surface area (Å²) in [5, 5.41) is 2.44. The lowest BCUT2D eigenvalue weighted by molar-refractivity contribution is -0.137. The van der Waals surface area contributed by atoms with Crippen molar-refractivity contribution in [3.63, 3.8) is 0 Å². The fraction of sp³-hybridized carbons (Fsp3) is 0.667. The van der Waals surface area contributed by atoms with Gasteiger partial charge in [-0.1, -0.05) is 0 Å². The number of nitrogens with zero attached hydrogens (tertiary/aromatic N) is 1. The summed E-state index contributed by atoms with van der Waals surface area (Å²) in [6, 6.07) is 0.501. The van der Waals surface area contributed by atoms with E-state index in [-0.39, 0.29) is 0 Å². The first kappa shape index (κ1) is 10.9. The summed E-state index contributed by atoms with van der Waals surface area (Å²) in [6.45, 7) is 2.12. The zero-order valence-corrected chi connectivity index (χ0v) is 9.00. The second-order valence-electron chi connectivity index (χ2n) is 3.68. The fourth-order valence-electron chi connectivity index (χ4n) is 1.24. The van der Waals surface area contributed by atoms with E-state index >= 15 is 0 Å². The predicted octanol–water partition coefficient (Wildman–Crippen LogP) is 2.72. The standard InChI is InChI=1S/C9H11F3N2S/c1-5-7(4-13-6-2-3-6)15-8(14-5)9(10,11)12/h6,13H,2-4H2,1H3. The van der Waals surface area contributed by atoms with Gasteiger partial charge in [-0.15, -0.1) is 11.3 Å². The van der Waals surface area contributed by atoms with Crippen molar-refractivity contribution < 1.29 is 13.2 Å². The number of rotatable bonds is 3. The summed E-state index contributed by atoms with van der Waals surface area (Å²) in [5.41, 5.74) is 0.487. The molecule has 0 saturated heterocycles. The van der Waals surface area contributed by atoms with Crippen molar-refractivity contribution in [2.24, 2.45) is 0 Å². The van der Waals surface area contributed by atoms with Gasteiger partial charge in [0.25, 0.3) is 0 Å². The van der Waals surface area contributed by atoms with Crippen molar-refractivity contribution in [3.8, 4) is 0 Å². The molecule has 1 aromatic heterocycles. The maximum absolute atomic E-state index is 12.3. The maximum atomic E-state index is 12.3. The molecule has 2 rings (SSSR count). The summed E-state index contributed by atoms with van der Waals surface area (Å²) in [5.74, 6) is 0. The Morgan fingerprint density at radius 1 is 1.47 bits per heavy atom. The lowest BCUT2D eigenvalue weighted by Crippen LogP contribution is -2.14. The molecule has 0 aliphatic heterocycles. The molecule has 1 fully saturated rings. The Morgan fingerprint density at radius 2 is 2.13 bits per heavy atom. The molecule has 1 aromatic rings. The number of halogens is 3. The summed E-state index contributed by atoms with van der Waals surface area (Å²) in [6.07, 6.45) is -2.05. The number of alkyl halides is 3. The highest BCUT2D eigenvalue weighted by Gasteiger charge is 2.35. The summed E-state index contributed by atoms with van der Waals surface area (Å²) < 4.78 is 37.0. The van der Waals surface area contributed by atoms with Crippen molar-refractivity contribution in [2.45, 2.75) is 38.5 Å². The third kappa shape index (κ3) is 2.69. The Labute approximate surface area is 89.5 Å². The van der Waals surface area contributed by atoms with Crippen LogP contribution in [0.3, 0.4) is 0 Å². The quantitative estimate of drug-likeness (QED) is 0.872. The normalized spacial score (nSPS) is 17.1. The van der Waals surface area contributed by atoms with Crippen LogP contribution in [0.25, 0.3) is 0 Å². The number of aryl methyl sites for hydroxylation is 1. The number of nitrogens with one attached hydrogen (secondary N) is 1. The van der Waals surface area contributed by atoms with Crippen LogP contribution in [0, 0.1) is 6.92 Å².